The Hall–Kier alpha value is -0.910. The van der Waals surface area contributed by atoms with E-state index in [4.69, 9.17) is 5.11 Å². The van der Waals surface area contributed by atoms with Crippen LogP contribution in [0.25, 0.3) is 0 Å². The summed E-state index contributed by atoms with van der Waals surface area (Å²) in [6, 6.07) is 0.240. The molecule has 0 aromatic rings. The second-order valence-electron chi connectivity index (χ2n) is 4.21. The minimum absolute atomic E-state index is 0.0224. The van der Waals surface area contributed by atoms with Crippen molar-refractivity contribution in [2.75, 3.05) is 5.75 Å². The summed E-state index contributed by atoms with van der Waals surface area (Å²) >= 11 is 0. The molecule has 0 heterocycles. The van der Waals surface area contributed by atoms with Crippen LogP contribution in [0.1, 0.15) is 26.7 Å². The Morgan fingerprint density at radius 2 is 2.00 bits per heavy atom. The van der Waals surface area contributed by atoms with Crippen LogP contribution in [0.3, 0.4) is 0 Å². The van der Waals surface area contributed by atoms with E-state index in [0.717, 1.165) is 12.8 Å². The smallest absolute Gasteiger partial charge is 0.307 e. The third-order valence-electron chi connectivity index (χ3n) is 2.52. The Kier molecular flexibility index (Phi) is 4.46. The van der Waals surface area contributed by atoms with Crippen molar-refractivity contribution in [1.82, 2.24) is 5.32 Å². The number of hydrogen-bond donors (Lipinski definition) is 2. The SMILES string of the molecule is CC(CS(=O)C(C)C(=O)NC1CC1)C(=O)O. The molecule has 1 saturated carbocycles. The third kappa shape index (κ3) is 3.92. The molecule has 16 heavy (non-hydrogen) atoms. The number of rotatable bonds is 6. The summed E-state index contributed by atoms with van der Waals surface area (Å²) in [5.41, 5.74) is 0. The summed E-state index contributed by atoms with van der Waals surface area (Å²) in [4.78, 5) is 22.1. The van der Waals surface area contributed by atoms with Crippen molar-refractivity contribution in [3.8, 4) is 0 Å². The van der Waals surface area contributed by atoms with Crippen LogP contribution in [0.15, 0.2) is 0 Å². The maximum atomic E-state index is 11.7. The molecule has 3 atom stereocenters. The van der Waals surface area contributed by atoms with Crippen LogP contribution in [0.5, 0.6) is 0 Å². The summed E-state index contributed by atoms with van der Waals surface area (Å²) in [5, 5.41) is 10.8. The van der Waals surface area contributed by atoms with Crippen molar-refractivity contribution in [3.63, 3.8) is 0 Å². The fourth-order valence-electron chi connectivity index (χ4n) is 1.13. The molecule has 0 aromatic heterocycles. The monoisotopic (exact) mass is 247 g/mol. The number of hydrogen-bond acceptors (Lipinski definition) is 3. The number of carboxylic acid groups (broad SMARTS) is 1. The highest BCUT2D eigenvalue weighted by Gasteiger charge is 2.29. The summed E-state index contributed by atoms with van der Waals surface area (Å²) < 4.78 is 11.7. The summed E-state index contributed by atoms with van der Waals surface area (Å²) in [6.45, 7) is 3.06. The summed E-state index contributed by atoms with van der Waals surface area (Å²) in [5.74, 6) is -1.88. The zero-order valence-electron chi connectivity index (χ0n) is 9.43. The van der Waals surface area contributed by atoms with Gasteiger partial charge in [0.05, 0.1) is 5.92 Å². The number of aliphatic carboxylic acids is 1. The molecule has 3 unspecified atom stereocenters. The molecule has 0 aromatic carbocycles. The first-order chi connectivity index (χ1) is 7.41. The molecule has 0 saturated heterocycles. The van der Waals surface area contributed by atoms with Gasteiger partial charge in [-0.1, -0.05) is 6.92 Å². The number of nitrogens with one attached hydrogen (secondary N) is 1. The summed E-state index contributed by atoms with van der Waals surface area (Å²) in [6.07, 6.45) is 1.97. The van der Waals surface area contributed by atoms with Gasteiger partial charge in [0.1, 0.15) is 5.25 Å². The van der Waals surface area contributed by atoms with Crippen LogP contribution in [0, 0.1) is 5.92 Å². The largest absolute Gasteiger partial charge is 0.481 e. The maximum absolute atomic E-state index is 11.7. The molecule has 0 spiro atoms. The predicted molar refractivity (Wildman–Crippen MR) is 60.4 cm³/mol. The van der Waals surface area contributed by atoms with Crippen molar-refractivity contribution < 1.29 is 18.9 Å². The van der Waals surface area contributed by atoms with Crippen LogP contribution >= 0.6 is 0 Å². The minimum atomic E-state index is -1.43. The van der Waals surface area contributed by atoms with Gasteiger partial charge in [-0.05, 0) is 19.8 Å². The second kappa shape index (κ2) is 5.43. The van der Waals surface area contributed by atoms with E-state index in [1.807, 2.05) is 0 Å². The molecule has 6 heteroatoms. The Morgan fingerprint density at radius 1 is 1.44 bits per heavy atom. The van der Waals surface area contributed by atoms with Gasteiger partial charge in [-0.3, -0.25) is 13.8 Å². The van der Waals surface area contributed by atoms with E-state index in [-0.39, 0.29) is 17.7 Å². The lowest BCUT2D eigenvalue weighted by Crippen LogP contribution is -2.38. The first-order valence-corrected chi connectivity index (χ1v) is 6.70. The molecular formula is C10H17NO4S. The maximum Gasteiger partial charge on any atom is 0.307 e. The average Bonchev–Trinajstić information content (AvgIpc) is 2.99. The predicted octanol–water partition coefficient (Wildman–Crippen LogP) is 0.123. The van der Waals surface area contributed by atoms with Crippen LogP contribution in [0.4, 0.5) is 0 Å². The molecule has 0 bridgehead atoms. The van der Waals surface area contributed by atoms with Gasteiger partial charge in [0.2, 0.25) is 5.91 Å². The molecule has 1 aliphatic rings. The van der Waals surface area contributed by atoms with Gasteiger partial charge < -0.3 is 10.4 Å². The van der Waals surface area contributed by atoms with E-state index >= 15 is 0 Å². The van der Waals surface area contributed by atoms with E-state index in [9.17, 15) is 13.8 Å². The number of carbonyl (C=O) groups excluding carboxylic acids is 1. The minimum Gasteiger partial charge on any atom is -0.481 e. The zero-order valence-corrected chi connectivity index (χ0v) is 10.3. The van der Waals surface area contributed by atoms with Gasteiger partial charge in [-0.15, -0.1) is 0 Å². The molecule has 1 rings (SSSR count). The standard InChI is InChI=1S/C10H17NO4S/c1-6(10(13)14)5-16(15)7(2)9(12)11-8-3-4-8/h6-8H,3-5H2,1-2H3,(H,11,12)(H,13,14). The van der Waals surface area contributed by atoms with Gasteiger partial charge >= 0.3 is 5.97 Å². The van der Waals surface area contributed by atoms with Crippen molar-refractivity contribution in [2.45, 2.75) is 38.0 Å². The Morgan fingerprint density at radius 3 is 2.44 bits per heavy atom. The molecular weight excluding hydrogens is 230 g/mol. The van der Waals surface area contributed by atoms with Crippen molar-refractivity contribution >= 4 is 22.7 Å². The summed E-state index contributed by atoms with van der Waals surface area (Å²) in [7, 11) is -1.43. The van der Waals surface area contributed by atoms with E-state index in [1.54, 1.807) is 6.92 Å². The van der Waals surface area contributed by atoms with Crippen LogP contribution < -0.4 is 5.32 Å². The Labute approximate surface area is 97.1 Å². The molecule has 92 valence electrons. The van der Waals surface area contributed by atoms with Gasteiger partial charge in [0, 0.05) is 22.6 Å². The molecule has 5 nitrogen and oxygen atoms in total. The zero-order chi connectivity index (χ0) is 12.3. The van der Waals surface area contributed by atoms with E-state index in [2.05, 4.69) is 5.32 Å². The lowest BCUT2D eigenvalue weighted by atomic mass is 10.2. The normalized spacial score (nSPS) is 20.9. The lowest BCUT2D eigenvalue weighted by Gasteiger charge is -2.13. The fourth-order valence-corrected chi connectivity index (χ4v) is 2.36. The molecule has 1 fully saturated rings. The highest BCUT2D eigenvalue weighted by Crippen LogP contribution is 2.19. The van der Waals surface area contributed by atoms with Crippen LogP contribution in [0.2, 0.25) is 0 Å². The number of amides is 1. The highest BCUT2D eigenvalue weighted by molar-refractivity contribution is 7.86. The van der Waals surface area contributed by atoms with Crippen molar-refractivity contribution in [2.24, 2.45) is 5.92 Å². The highest BCUT2D eigenvalue weighted by atomic mass is 32.2. The number of carboxylic acids is 1. The molecule has 2 N–H and O–H groups in total. The molecule has 1 aliphatic carbocycles. The third-order valence-corrected chi connectivity index (χ3v) is 4.35. The van der Waals surface area contributed by atoms with Gasteiger partial charge in [0.15, 0.2) is 0 Å². The molecule has 0 radical (unpaired) electrons. The first-order valence-electron chi connectivity index (χ1n) is 5.32. The fraction of sp³-hybridized carbons (Fsp3) is 0.800. The van der Waals surface area contributed by atoms with E-state index < -0.39 is 27.9 Å². The molecule has 1 amide bonds. The topological polar surface area (TPSA) is 83.5 Å². The quantitative estimate of drug-likeness (QED) is 0.698. The number of carbonyl (C=O) groups is 2. The first kappa shape index (κ1) is 13.2. The van der Waals surface area contributed by atoms with Gasteiger partial charge in [-0.25, -0.2) is 0 Å². The van der Waals surface area contributed by atoms with Gasteiger partial charge in [-0.2, -0.15) is 0 Å². The van der Waals surface area contributed by atoms with Crippen molar-refractivity contribution in [1.29, 1.82) is 0 Å². The van der Waals surface area contributed by atoms with Crippen LogP contribution in [-0.2, 0) is 20.4 Å². The van der Waals surface area contributed by atoms with Crippen molar-refractivity contribution in [3.05, 3.63) is 0 Å². The Balaban J connectivity index is 2.39. The average molecular weight is 247 g/mol. The van der Waals surface area contributed by atoms with Crippen LogP contribution in [-0.4, -0.2) is 38.2 Å². The second-order valence-corrected chi connectivity index (χ2v) is 6.01. The Bertz CT molecular complexity index is 314. The van der Waals surface area contributed by atoms with E-state index in [1.165, 1.54) is 6.92 Å². The molecule has 0 aliphatic heterocycles. The lowest BCUT2D eigenvalue weighted by molar-refractivity contribution is -0.140. The van der Waals surface area contributed by atoms with E-state index in [0.29, 0.717) is 0 Å². The van der Waals surface area contributed by atoms with Gasteiger partial charge in [0.25, 0.3) is 0 Å².